The van der Waals surface area contributed by atoms with Crippen LogP contribution >= 0.6 is 11.8 Å². The number of carbonyl (C=O) groups is 1. The molecule has 1 rings (SSSR count). The molecule has 20 heavy (non-hydrogen) atoms. The minimum atomic E-state index is -0.128. The summed E-state index contributed by atoms with van der Waals surface area (Å²) in [5, 5.41) is 3.37. The van der Waals surface area contributed by atoms with Crippen molar-refractivity contribution in [1.29, 1.82) is 0 Å². The molecule has 0 spiro atoms. The van der Waals surface area contributed by atoms with Crippen LogP contribution in [0.4, 0.5) is 0 Å². The molecule has 0 bridgehead atoms. The predicted molar refractivity (Wildman–Crippen MR) is 85.0 cm³/mol. The Morgan fingerprint density at radius 3 is 2.60 bits per heavy atom. The third-order valence-corrected chi connectivity index (χ3v) is 3.78. The first-order valence-electron chi connectivity index (χ1n) is 7.34. The third kappa shape index (κ3) is 7.56. The maximum atomic E-state index is 11.5. The van der Waals surface area contributed by atoms with Crippen molar-refractivity contribution >= 4 is 17.7 Å². The summed E-state index contributed by atoms with van der Waals surface area (Å²) >= 11 is 1.53. The normalized spacial score (nSPS) is 10.5. The molecule has 1 aromatic rings. The molecule has 0 radical (unpaired) electrons. The van der Waals surface area contributed by atoms with Crippen LogP contribution in [0.25, 0.3) is 0 Å². The molecule has 112 valence electrons. The van der Waals surface area contributed by atoms with Crippen molar-refractivity contribution in [2.45, 2.75) is 44.6 Å². The number of hydrogen-bond donors (Lipinski definition) is 1. The van der Waals surface area contributed by atoms with E-state index in [9.17, 15) is 4.79 Å². The highest BCUT2D eigenvalue weighted by atomic mass is 32.2. The zero-order valence-corrected chi connectivity index (χ0v) is 13.3. The van der Waals surface area contributed by atoms with Gasteiger partial charge in [0.2, 0.25) is 0 Å². The van der Waals surface area contributed by atoms with Crippen molar-refractivity contribution in [3.05, 3.63) is 29.8 Å². The van der Waals surface area contributed by atoms with Crippen LogP contribution in [0.2, 0.25) is 0 Å². The number of ether oxygens (including phenoxy) is 1. The zero-order chi connectivity index (χ0) is 14.6. The van der Waals surface area contributed by atoms with Gasteiger partial charge >= 0.3 is 5.97 Å². The third-order valence-electron chi connectivity index (χ3n) is 2.80. The lowest BCUT2D eigenvalue weighted by Crippen LogP contribution is -2.13. The van der Waals surface area contributed by atoms with E-state index in [1.54, 1.807) is 0 Å². The lowest BCUT2D eigenvalue weighted by Gasteiger charge is -2.06. The highest BCUT2D eigenvalue weighted by molar-refractivity contribution is 8.00. The number of hydrogen-bond acceptors (Lipinski definition) is 4. The quantitative estimate of drug-likeness (QED) is 0.406. The first kappa shape index (κ1) is 17.1. The lowest BCUT2D eigenvalue weighted by molar-refractivity contribution is -0.140. The molecule has 0 aromatic heterocycles. The zero-order valence-electron chi connectivity index (χ0n) is 12.5. The predicted octanol–water partition coefficient (Wildman–Crippen LogP) is 3.62. The summed E-state index contributed by atoms with van der Waals surface area (Å²) in [4.78, 5) is 12.6. The molecule has 3 nitrogen and oxygen atoms in total. The fraction of sp³-hybridized carbons (Fsp3) is 0.562. The number of carbonyl (C=O) groups excluding carboxylic acids is 1. The largest absolute Gasteiger partial charge is 0.465 e. The van der Waals surface area contributed by atoms with Gasteiger partial charge in [0.25, 0.3) is 0 Å². The van der Waals surface area contributed by atoms with Crippen molar-refractivity contribution in [3.63, 3.8) is 0 Å². The molecule has 0 aliphatic carbocycles. The van der Waals surface area contributed by atoms with Crippen LogP contribution in [0.1, 0.15) is 38.7 Å². The van der Waals surface area contributed by atoms with Gasteiger partial charge in [-0.3, -0.25) is 4.79 Å². The first-order valence-corrected chi connectivity index (χ1v) is 8.33. The number of thioether (sulfide) groups is 1. The van der Waals surface area contributed by atoms with Crippen LogP contribution in [0.3, 0.4) is 0 Å². The molecule has 0 heterocycles. The van der Waals surface area contributed by atoms with E-state index in [1.807, 2.05) is 0 Å². The molecular weight excluding hydrogens is 270 g/mol. The van der Waals surface area contributed by atoms with Gasteiger partial charge in [0.15, 0.2) is 0 Å². The van der Waals surface area contributed by atoms with Crippen LogP contribution in [0.5, 0.6) is 0 Å². The molecule has 0 saturated heterocycles. The Kier molecular flexibility index (Phi) is 9.16. The van der Waals surface area contributed by atoms with Crippen LogP contribution in [0.15, 0.2) is 29.2 Å². The second-order valence-corrected chi connectivity index (χ2v) is 5.73. The van der Waals surface area contributed by atoms with Crippen molar-refractivity contribution in [2.75, 3.05) is 18.9 Å². The van der Waals surface area contributed by atoms with E-state index in [2.05, 4.69) is 43.4 Å². The maximum Gasteiger partial charge on any atom is 0.316 e. The standard InChI is InChI=1S/C16H25NO2S/c1-3-5-11-19-16(18)13-20-15-8-6-14(7-9-15)12-17-10-4-2/h6-9,17H,3-5,10-13H2,1-2H3. The minimum absolute atomic E-state index is 0.128. The number of nitrogens with one attached hydrogen (secondary N) is 1. The molecule has 0 saturated carbocycles. The van der Waals surface area contributed by atoms with Gasteiger partial charge in [0, 0.05) is 11.4 Å². The van der Waals surface area contributed by atoms with E-state index in [0.717, 1.165) is 37.2 Å². The average Bonchev–Trinajstić information content (AvgIpc) is 2.47. The van der Waals surface area contributed by atoms with Gasteiger partial charge in [-0.25, -0.2) is 0 Å². The van der Waals surface area contributed by atoms with Gasteiger partial charge in [0.05, 0.1) is 12.4 Å². The van der Waals surface area contributed by atoms with E-state index in [-0.39, 0.29) is 5.97 Å². The van der Waals surface area contributed by atoms with E-state index in [4.69, 9.17) is 4.74 Å². The summed E-state index contributed by atoms with van der Waals surface area (Å²) in [6.45, 7) is 6.72. The highest BCUT2D eigenvalue weighted by Gasteiger charge is 2.04. The number of benzene rings is 1. The van der Waals surface area contributed by atoms with Gasteiger partial charge in [-0.1, -0.05) is 32.4 Å². The summed E-state index contributed by atoms with van der Waals surface area (Å²) in [6.07, 6.45) is 3.14. The summed E-state index contributed by atoms with van der Waals surface area (Å²) in [7, 11) is 0. The molecule has 1 N–H and O–H groups in total. The molecule has 4 heteroatoms. The van der Waals surface area contributed by atoms with Crippen LogP contribution in [0, 0.1) is 0 Å². The topological polar surface area (TPSA) is 38.3 Å². The monoisotopic (exact) mass is 295 g/mol. The van der Waals surface area contributed by atoms with Gasteiger partial charge in [0.1, 0.15) is 0 Å². The molecule has 0 amide bonds. The van der Waals surface area contributed by atoms with Gasteiger partial charge in [-0.05, 0) is 37.1 Å². The van der Waals surface area contributed by atoms with Gasteiger partial charge in [-0.2, -0.15) is 0 Å². The molecule has 0 aliphatic rings. The highest BCUT2D eigenvalue weighted by Crippen LogP contribution is 2.18. The molecule has 0 atom stereocenters. The maximum absolute atomic E-state index is 11.5. The van der Waals surface area contributed by atoms with Crippen molar-refractivity contribution in [1.82, 2.24) is 5.32 Å². The van der Waals surface area contributed by atoms with Crippen LogP contribution < -0.4 is 5.32 Å². The summed E-state index contributed by atoms with van der Waals surface area (Å²) in [5.41, 5.74) is 1.27. The van der Waals surface area contributed by atoms with Gasteiger partial charge in [-0.15, -0.1) is 11.8 Å². The van der Waals surface area contributed by atoms with E-state index >= 15 is 0 Å². The van der Waals surface area contributed by atoms with E-state index < -0.39 is 0 Å². The van der Waals surface area contributed by atoms with Crippen LogP contribution in [-0.2, 0) is 16.1 Å². The van der Waals surface area contributed by atoms with Gasteiger partial charge < -0.3 is 10.1 Å². The summed E-state index contributed by atoms with van der Waals surface area (Å²) in [6, 6.07) is 8.33. The summed E-state index contributed by atoms with van der Waals surface area (Å²) < 4.78 is 5.12. The number of rotatable bonds is 10. The second kappa shape index (κ2) is 10.7. The second-order valence-electron chi connectivity index (χ2n) is 4.68. The Hall–Kier alpha value is -1.00. The van der Waals surface area contributed by atoms with Crippen LogP contribution in [-0.4, -0.2) is 24.9 Å². The van der Waals surface area contributed by atoms with E-state index in [1.165, 1.54) is 17.3 Å². The summed E-state index contributed by atoms with van der Waals surface area (Å²) in [5.74, 6) is 0.258. The molecule has 0 aliphatic heterocycles. The Morgan fingerprint density at radius 2 is 1.95 bits per heavy atom. The molecule has 1 aromatic carbocycles. The van der Waals surface area contributed by atoms with Crippen molar-refractivity contribution < 1.29 is 9.53 Å². The van der Waals surface area contributed by atoms with Crippen molar-refractivity contribution in [3.8, 4) is 0 Å². The van der Waals surface area contributed by atoms with E-state index in [0.29, 0.717) is 12.4 Å². The smallest absolute Gasteiger partial charge is 0.316 e. The molecule has 0 unspecified atom stereocenters. The average molecular weight is 295 g/mol. The Morgan fingerprint density at radius 1 is 1.20 bits per heavy atom. The van der Waals surface area contributed by atoms with Crippen molar-refractivity contribution in [2.24, 2.45) is 0 Å². The molecular formula is C16H25NO2S. The number of unbranched alkanes of at least 4 members (excludes halogenated alkanes) is 1. The minimum Gasteiger partial charge on any atom is -0.465 e. The number of esters is 1. The molecule has 0 fully saturated rings. The first-order chi connectivity index (χ1) is 9.76. The Balaban J connectivity index is 2.25. The Labute approximate surface area is 126 Å². The Bertz CT molecular complexity index is 379. The SMILES string of the molecule is CCCCOC(=O)CSc1ccc(CNCCC)cc1. The lowest BCUT2D eigenvalue weighted by atomic mass is 10.2. The fourth-order valence-electron chi connectivity index (χ4n) is 1.63. The fourth-order valence-corrected chi connectivity index (χ4v) is 2.32.